The van der Waals surface area contributed by atoms with Crippen molar-refractivity contribution in [1.82, 2.24) is 4.98 Å². The van der Waals surface area contributed by atoms with Gasteiger partial charge in [-0.1, -0.05) is 12.1 Å². The van der Waals surface area contributed by atoms with Gasteiger partial charge in [-0.15, -0.1) is 11.3 Å². The van der Waals surface area contributed by atoms with E-state index in [-0.39, 0.29) is 11.1 Å². The average molecular weight is 301 g/mol. The molecule has 0 spiro atoms. The number of halogens is 1. The molecule has 3 nitrogen and oxygen atoms in total. The summed E-state index contributed by atoms with van der Waals surface area (Å²) >= 11 is 1.61. The Morgan fingerprint density at radius 2 is 2.05 bits per heavy atom. The molecule has 0 aliphatic heterocycles. The summed E-state index contributed by atoms with van der Waals surface area (Å²) in [6.45, 7) is 3.92. The SMILES string of the molecule is Cc1cc(-c2cc(C(=O)O)c3cccc(F)c3n2)c(C)s1. The van der Waals surface area contributed by atoms with Crippen molar-refractivity contribution in [2.24, 2.45) is 0 Å². The molecule has 3 rings (SSSR count). The Morgan fingerprint density at radius 3 is 2.67 bits per heavy atom. The van der Waals surface area contributed by atoms with E-state index in [1.807, 2.05) is 19.9 Å². The molecule has 0 aliphatic rings. The van der Waals surface area contributed by atoms with Crippen LogP contribution in [-0.2, 0) is 0 Å². The molecule has 0 atom stereocenters. The Bertz CT molecular complexity index is 870. The highest BCUT2D eigenvalue weighted by atomic mass is 32.1. The number of fused-ring (bicyclic) bond motifs is 1. The van der Waals surface area contributed by atoms with Gasteiger partial charge in [-0.25, -0.2) is 14.2 Å². The fourth-order valence-corrected chi connectivity index (χ4v) is 3.35. The zero-order valence-electron chi connectivity index (χ0n) is 11.5. The van der Waals surface area contributed by atoms with E-state index >= 15 is 0 Å². The molecule has 1 aromatic carbocycles. The summed E-state index contributed by atoms with van der Waals surface area (Å²) in [7, 11) is 0. The fraction of sp³-hybridized carbons (Fsp3) is 0.125. The number of aromatic nitrogens is 1. The van der Waals surface area contributed by atoms with Crippen molar-refractivity contribution in [1.29, 1.82) is 0 Å². The second-order valence-corrected chi connectivity index (χ2v) is 6.28. The zero-order valence-corrected chi connectivity index (χ0v) is 12.3. The van der Waals surface area contributed by atoms with Crippen molar-refractivity contribution in [2.75, 3.05) is 0 Å². The van der Waals surface area contributed by atoms with E-state index in [9.17, 15) is 14.3 Å². The highest BCUT2D eigenvalue weighted by Gasteiger charge is 2.16. The lowest BCUT2D eigenvalue weighted by Crippen LogP contribution is -2.01. The molecule has 5 heteroatoms. The maximum absolute atomic E-state index is 14.0. The van der Waals surface area contributed by atoms with Gasteiger partial charge in [-0.05, 0) is 32.0 Å². The molecule has 0 amide bonds. The predicted octanol–water partition coefficient (Wildman–Crippen LogP) is 4.42. The number of benzene rings is 1. The molecule has 3 aromatic rings. The van der Waals surface area contributed by atoms with Gasteiger partial charge in [-0.2, -0.15) is 0 Å². The minimum atomic E-state index is -1.08. The number of para-hydroxylation sites is 1. The molecule has 0 saturated heterocycles. The summed E-state index contributed by atoms with van der Waals surface area (Å²) in [5, 5.41) is 9.69. The number of aromatic carboxylic acids is 1. The molecule has 0 unspecified atom stereocenters. The summed E-state index contributed by atoms with van der Waals surface area (Å²) in [4.78, 5) is 17.9. The van der Waals surface area contributed by atoms with Crippen molar-refractivity contribution in [2.45, 2.75) is 13.8 Å². The Kier molecular flexibility index (Phi) is 3.22. The van der Waals surface area contributed by atoms with Gasteiger partial charge in [0, 0.05) is 20.7 Å². The van der Waals surface area contributed by atoms with E-state index in [2.05, 4.69) is 4.98 Å². The maximum Gasteiger partial charge on any atom is 0.336 e. The molecule has 0 bridgehead atoms. The van der Waals surface area contributed by atoms with Crippen LogP contribution in [0.25, 0.3) is 22.2 Å². The minimum Gasteiger partial charge on any atom is -0.478 e. The van der Waals surface area contributed by atoms with Crippen molar-refractivity contribution >= 4 is 28.2 Å². The molecule has 2 heterocycles. The van der Waals surface area contributed by atoms with Gasteiger partial charge in [0.2, 0.25) is 0 Å². The van der Waals surface area contributed by atoms with Crippen LogP contribution in [0.3, 0.4) is 0 Å². The number of aryl methyl sites for hydroxylation is 2. The van der Waals surface area contributed by atoms with Gasteiger partial charge >= 0.3 is 5.97 Å². The van der Waals surface area contributed by atoms with E-state index in [0.29, 0.717) is 11.1 Å². The first kappa shape index (κ1) is 13.7. The number of thiophene rings is 1. The number of nitrogens with zero attached hydrogens (tertiary/aromatic N) is 1. The molecular weight excluding hydrogens is 289 g/mol. The largest absolute Gasteiger partial charge is 0.478 e. The third kappa shape index (κ3) is 2.29. The van der Waals surface area contributed by atoms with Crippen molar-refractivity contribution in [3.05, 3.63) is 51.5 Å². The predicted molar refractivity (Wildman–Crippen MR) is 81.4 cm³/mol. The molecule has 0 aliphatic carbocycles. The molecule has 21 heavy (non-hydrogen) atoms. The van der Waals surface area contributed by atoms with Gasteiger partial charge in [0.1, 0.15) is 11.3 Å². The van der Waals surface area contributed by atoms with Crippen molar-refractivity contribution < 1.29 is 14.3 Å². The summed E-state index contributed by atoms with van der Waals surface area (Å²) in [5.74, 6) is -1.60. The summed E-state index contributed by atoms with van der Waals surface area (Å²) < 4.78 is 14.0. The standard InChI is InChI=1S/C16H12FNO2S/c1-8-6-11(9(2)21-8)14-7-12(16(19)20)10-4-3-5-13(17)15(10)18-14/h3-7H,1-2H3,(H,19,20). The Morgan fingerprint density at radius 1 is 1.29 bits per heavy atom. The lowest BCUT2D eigenvalue weighted by Gasteiger charge is -2.07. The first-order valence-corrected chi connectivity index (χ1v) is 7.19. The Labute approximate surface area is 124 Å². The zero-order chi connectivity index (χ0) is 15.1. The summed E-state index contributed by atoms with van der Waals surface area (Å²) in [6.07, 6.45) is 0. The van der Waals surface area contributed by atoms with E-state index in [0.717, 1.165) is 15.3 Å². The van der Waals surface area contributed by atoms with E-state index < -0.39 is 11.8 Å². The number of carboxylic acids is 1. The molecule has 0 saturated carbocycles. The fourth-order valence-electron chi connectivity index (χ4n) is 2.41. The number of pyridine rings is 1. The van der Waals surface area contributed by atoms with Crippen LogP contribution in [0, 0.1) is 19.7 Å². The van der Waals surface area contributed by atoms with Crippen LogP contribution in [0.1, 0.15) is 20.1 Å². The lowest BCUT2D eigenvalue weighted by molar-refractivity contribution is 0.0699. The van der Waals surface area contributed by atoms with Crippen LogP contribution in [-0.4, -0.2) is 16.1 Å². The normalized spacial score (nSPS) is 11.0. The second kappa shape index (κ2) is 4.93. The smallest absolute Gasteiger partial charge is 0.336 e. The third-order valence-electron chi connectivity index (χ3n) is 3.34. The first-order chi connectivity index (χ1) is 9.97. The van der Waals surface area contributed by atoms with Gasteiger partial charge < -0.3 is 5.11 Å². The van der Waals surface area contributed by atoms with E-state index in [1.54, 1.807) is 17.4 Å². The van der Waals surface area contributed by atoms with Crippen LogP contribution >= 0.6 is 11.3 Å². The van der Waals surface area contributed by atoms with Gasteiger partial charge in [-0.3, -0.25) is 0 Å². The molecule has 106 valence electrons. The van der Waals surface area contributed by atoms with Gasteiger partial charge in [0.15, 0.2) is 0 Å². The number of carboxylic acid groups (broad SMARTS) is 1. The quantitative estimate of drug-likeness (QED) is 0.762. The number of rotatable bonds is 2. The minimum absolute atomic E-state index is 0.0674. The summed E-state index contributed by atoms with van der Waals surface area (Å²) in [5.41, 5.74) is 1.51. The van der Waals surface area contributed by atoms with E-state index in [4.69, 9.17) is 0 Å². The second-order valence-electron chi connectivity index (χ2n) is 4.82. The number of hydrogen-bond donors (Lipinski definition) is 1. The third-order valence-corrected chi connectivity index (χ3v) is 4.30. The monoisotopic (exact) mass is 301 g/mol. The Hall–Kier alpha value is -2.27. The lowest BCUT2D eigenvalue weighted by atomic mass is 10.0. The van der Waals surface area contributed by atoms with Crippen LogP contribution in [0.2, 0.25) is 0 Å². The van der Waals surface area contributed by atoms with Crippen LogP contribution in [0.15, 0.2) is 30.3 Å². The highest BCUT2D eigenvalue weighted by molar-refractivity contribution is 7.12. The molecule has 2 aromatic heterocycles. The molecule has 1 N–H and O–H groups in total. The Balaban J connectivity index is 2.37. The number of hydrogen-bond acceptors (Lipinski definition) is 3. The summed E-state index contributed by atoms with van der Waals surface area (Å²) in [6, 6.07) is 7.81. The maximum atomic E-state index is 14.0. The highest BCUT2D eigenvalue weighted by Crippen LogP contribution is 2.32. The molecule has 0 fully saturated rings. The van der Waals surface area contributed by atoms with E-state index in [1.165, 1.54) is 18.2 Å². The van der Waals surface area contributed by atoms with Crippen LogP contribution in [0.4, 0.5) is 4.39 Å². The van der Waals surface area contributed by atoms with Crippen molar-refractivity contribution in [3.63, 3.8) is 0 Å². The van der Waals surface area contributed by atoms with Crippen molar-refractivity contribution in [3.8, 4) is 11.3 Å². The van der Waals surface area contributed by atoms with Gasteiger partial charge in [0.05, 0.1) is 11.3 Å². The first-order valence-electron chi connectivity index (χ1n) is 6.37. The van der Waals surface area contributed by atoms with Gasteiger partial charge in [0.25, 0.3) is 0 Å². The molecular formula is C16H12FNO2S. The average Bonchev–Trinajstić information content (AvgIpc) is 2.77. The topological polar surface area (TPSA) is 50.2 Å². The van der Waals surface area contributed by atoms with Crippen LogP contribution < -0.4 is 0 Å². The van der Waals surface area contributed by atoms with Crippen LogP contribution in [0.5, 0.6) is 0 Å². The number of carbonyl (C=O) groups is 1. The molecule has 0 radical (unpaired) electrons.